The summed E-state index contributed by atoms with van der Waals surface area (Å²) in [6.45, 7) is 9.16. The Labute approximate surface area is 132 Å². The average molecular weight is 342 g/mol. The standard InChI is InChI=1S/C17H28BrNO/c1-12(11-17(2,3)4)8-14(19)9-13-6-7-16(20-5)15(18)10-13/h6-7,10,12,14H,8-9,11,19H2,1-5H3. The zero-order valence-electron chi connectivity index (χ0n) is 13.4. The lowest BCUT2D eigenvalue weighted by Gasteiger charge is -2.25. The van der Waals surface area contributed by atoms with Crippen LogP contribution in [0, 0.1) is 11.3 Å². The molecule has 3 heteroatoms. The van der Waals surface area contributed by atoms with Crippen LogP contribution in [0.15, 0.2) is 22.7 Å². The number of halogens is 1. The number of methoxy groups -OCH3 is 1. The van der Waals surface area contributed by atoms with Crippen molar-refractivity contribution in [2.75, 3.05) is 7.11 Å². The third-order valence-corrected chi connectivity index (χ3v) is 4.00. The second-order valence-corrected chi connectivity index (χ2v) is 7.89. The van der Waals surface area contributed by atoms with Gasteiger partial charge >= 0.3 is 0 Å². The maximum atomic E-state index is 6.30. The van der Waals surface area contributed by atoms with Crippen LogP contribution in [0.4, 0.5) is 0 Å². The number of benzene rings is 1. The Kier molecular flexibility index (Phi) is 6.53. The minimum absolute atomic E-state index is 0.215. The lowest BCUT2D eigenvalue weighted by atomic mass is 9.82. The fourth-order valence-electron chi connectivity index (χ4n) is 2.87. The van der Waals surface area contributed by atoms with Gasteiger partial charge in [-0.15, -0.1) is 0 Å². The molecule has 1 rings (SSSR count). The molecule has 0 aromatic heterocycles. The molecule has 0 aliphatic heterocycles. The predicted octanol–water partition coefficient (Wildman–Crippen LogP) is 4.79. The fraction of sp³-hybridized carbons (Fsp3) is 0.647. The van der Waals surface area contributed by atoms with E-state index in [-0.39, 0.29) is 6.04 Å². The first-order valence-corrected chi connectivity index (χ1v) is 8.08. The smallest absolute Gasteiger partial charge is 0.133 e. The molecule has 0 spiro atoms. The van der Waals surface area contributed by atoms with Crippen LogP contribution in [0.5, 0.6) is 5.75 Å². The van der Waals surface area contributed by atoms with Gasteiger partial charge in [0.25, 0.3) is 0 Å². The molecule has 0 amide bonds. The van der Waals surface area contributed by atoms with E-state index in [1.165, 1.54) is 12.0 Å². The van der Waals surface area contributed by atoms with Crippen molar-refractivity contribution in [3.63, 3.8) is 0 Å². The summed E-state index contributed by atoms with van der Waals surface area (Å²) in [4.78, 5) is 0. The van der Waals surface area contributed by atoms with Gasteiger partial charge in [-0.25, -0.2) is 0 Å². The van der Waals surface area contributed by atoms with E-state index in [9.17, 15) is 0 Å². The van der Waals surface area contributed by atoms with Gasteiger partial charge in [-0.2, -0.15) is 0 Å². The van der Waals surface area contributed by atoms with Crippen LogP contribution in [0.3, 0.4) is 0 Å². The summed E-state index contributed by atoms with van der Waals surface area (Å²) < 4.78 is 6.24. The average Bonchev–Trinajstić information content (AvgIpc) is 2.25. The summed E-state index contributed by atoms with van der Waals surface area (Å²) in [6.07, 6.45) is 3.20. The molecule has 1 aromatic carbocycles. The maximum Gasteiger partial charge on any atom is 0.133 e. The van der Waals surface area contributed by atoms with Crippen LogP contribution in [0.25, 0.3) is 0 Å². The van der Waals surface area contributed by atoms with Gasteiger partial charge in [0.05, 0.1) is 11.6 Å². The third kappa shape index (κ3) is 6.27. The Bertz CT molecular complexity index is 425. The monoisotopic (exact) mass is 341 g/mol. The van der Waals surface area contributed by atoms with E-state index in [0.29, 0.717) is 11.3 Å². The molecule has 0 fully saturated rings. The molecule has 2 atom stereocenters. The lowest BCUT2D eigenvalue weighted by molar-refractivity contribution is 0.285. The minimum Gasteiger partial charge on any atom is -0.496 e. The second-order valence-electron chi connectivity index (χ2n) is 7.04. The maximum absolute atomic E-state index is 6.30. The Morgan fingerprint density at radius 2 is 1.95 bits per heavy atom. The molecule has 2 unspecified atom stereocenters. The quantitative estimate of drug-likeness (QED) is 0.807. The number of ether oxygens (including phenoxy) is 1. The van der Waals surface area contributed by atoms with Crippen molar-refractivity contribution < 1.29 is 4.74 Å². The SMILES string of the molecule is COc1ccc(CC(N)CC(C)CC(C)(C)C)cc1Br. The fourth-order valence-corrected chi connectivity index (χ4v) is 3.46. The summed E-state index contributed by atoms with van der Waals surface area (Å²) in [7, 11) is 1.68. The zero-order chi connectivity index (χ0) is 15.3. The van der Waals surface area contributed by atoms with Gasteiger partial charge in [0.1, 0.15) is 5.75 Å². The molecule has 20 heavy (non-hydrogen) atoms. The second kappa shape index (κ2) is 7.46. The van der Waals surface area contributed by atoms with Crippen molar-refractivity contribution in [2.24, 2.45) is 17.1 Å². The highest BCUT2D eigenvalue weighted by atomic mass is 79.9. The molecule has 0 aliphatic rings. The molecule has 2 N–H and O–H groups in total. The third-order valence-electron chi connectivity index (χ3n) is 3.38. The van der Waals surface area contributed by atoms with Gasteiger partial charge < -0.3 is 10.5 Å². The normalized spacial score (nSPS) is 14.9. The van der Waals surface area contributed by atoms with Gasteiger partial charge in [-0.05, 0) is 64.2 Å². The van der Waals surface area contributed by atoms with Crippen LogP contribution >= 0.6 is 15.9 Å². The molecule has 0 radical (unpaired) electrons. The molecule has 1 aromatic rings. The van der Waals surface area contributed by atoms with Crippen molar-refractivity contribution >= 4 is 15.9 Å². The molecule has 0 saturated heterocycles. The molecule has 2 nitrogen and oxygen atoms in total. The first-order chi connectivity index (χ1) is 9.21. The molecule has 0 bridgehead atoms. The topological polar surface area (TPSA) is 35.2 Å². The van der Waals surface area contributed by atoms with Crippen LogP contribution in [-0.4, -0.2) is 13.2 Å². The van der Waals surface area contributed by atoms with Crippen molar-refractivity contribution in [3.05, 3.63) is 28.2 Å². The van der Waals surface area contributed by atoms with E-state index in [0.717, 1.165) is 23.1 Å². The van der Waals surface area contributed by atoms with Crippen molar-refractivity contribution in [1.29, 1.82) is 0 Å². The van der Waals surface area contributed by atoms with Crippen molar-refractivity contribution in [2.45, 2.75) is 53.0 Å². The van der Waals surface area contributed by atoms with E-state index in [2.05, 4.69) is 55.8 Å². The largest absolute Gasteiger partial charge is 0.496 e. The summed E-state index contributed by atoms with van der Waals surface area (Å²) in [5.74, 6) is 1.52. The molecular weight excluding hydrogens is 314 g/mol. The highest BCUT2D eigenvalue weighted by Gasteiger charge is 2.17. The highest BCUT2D eigenvalue weighted by Crippen LogP contribution is 2.28. The van der Waals surface area contributed by atoms with Crippen LogP contribution in [-0.2, 0) is 6.42 Å². The van der Waals surface area contributed by atoms with Gasteiger partial charge in [0.15, 0.2) is 0 Å². The number of hydrogen-bond acceptors (Lipinski definition) is 2. The molecule has 114 valence electrons. The van der Waals surface area contributed by atoms with E-state index in [1.807, 2.05) is 6.07 Å². The molecule has 0 saturated carbocycles. The van der Waals surface area contributed by atoms with Crippen molar-refractivity contribution in [3.8, 4) is 5.75 Å². The van der Waals surface area contributed by atoms with E-state index >= 15 is 0 Å². The summed E-state index contributed by atoms with van der Waals surface area (Å²) in [5.41, 5.74) is 7.93. The summed E-state index contributed by atoms with van der Waals surface area (Å²) in [5, 5.41) is 0. The molecular formula is C17H28BrNO. The number of nitrogens with two attached hydrogens (primary N) is 1. The lowest BCUT2D eigenvalue weighted by Crippen LogP contribution is -2.26. The minimum atomic E-state index is 0.215. The van der Waals surface area contributed by atoms with Crippen LogP contribution < -0.4 is 10.5 Å². The first-order valence-electron chi connectivity index (χ1n) is 7.29. The Hall–Kier alpha value is -0.540. The van der Waals surface area contributed by atoms with Crippen LogP contribution in [0.1, 0.15) is 46.1 Å². The number of rotatable bonds is 6. The Morgan fingerprint density at radius 3 is 2.45 bits per heavy atom. The first kappa shape index (κ1) is 17.5. The summed E-state index contributed by atoms with van der Waals surface area (Å²) >= 11 is 3.52. The predicted molar refractivity (Wildman–Crippen MR) is 90.2 cm³/mol. The van der Waals surface area contributed by atoms with E-state index in [1.54, 1.807) is 7.11 Å². The van der Waals surface area contributed by atoms with Crippen LogP contribution in [0.2, 0.25) is 0 Å². The Balaban J connectivity index is 2.54. The van der Waals surface area contributed by atoms with Gasteiger partial charge in [0.2, 0.25) is 0 Å². The van der Waals surface area contributed by atoms with Crippen molar-refractivity contribution in [1.82, 2.24) is 0 Å². The number of hydrogen-bond donors (Lipinski definition) is 1. The van der Waals surface area contributed by atoms with E-state index < -0.39 is 0 Å². The molecule has 0 heterocycles. The zero-order valence-corrected chi connectivity index (χ0v) is 15.0. The highest BCUT2D eigenvalue weighted by molar-refractivity contribution is 9.10. The van der Waals surface area contributed by atoms with Gasteiger partial charge in [-0.1, -0.05) is 33.8 Å². The summed E-state index contributed by atoms with van der Waals surface area (Å²) in [6, 6.07) is 6.41. The molecule has 0 aliphatic carbocycles. The Morgan fingerprint density at radius 1 is 1.30 bits per heavy atom. The van der Waals surface area contributed by atoms with Gasteiger partial charge in [0, 0.05) is 6.04 Å². The van der Waals surface area contributed by atoms with E-state index in [4.69, 9.17) is 10.5 Å². The van der Waals surface area contributed by atoms with Gasteiger partial charge in [-0.3, -0.25) is 0 Å².